The molecule has 5 nitrogen and oxygen atoms in total. The van der Waals surface area contributed by atoms with Crippen molar-refractivity contribution < 1.29 is 17.9 Å². The van der Waals surface area contributed by atoms with Crippen molar-refractivity contribution in [2.45, 2.75) is 37.2 Å². The van der Waals surface area contributed by atoms with E-state index in [1.54, 1.807) is 31.2 Å². The molecule has 116 valence electrons. The van der Waals surface area contributed by atoms with E-state index < -0.39 is 10.0 Å². The lowest BCUT2D eigenvalue weighted by molar-refractivity contribution is -0.150. The summed E-state index contributed by atoms with van der Waals surface area (Å²) in [5.41, 5.74) is 0. The Balaban J connectivity index is 2.01. The number of halogens is 1. The molecule has 1 aliphatic heterocycles. The molecule has 1 heterocycles. The first-order valence-electron chi connectivity index (χ1n) is 6.88. The van der Waals surface area contributed by atoms with Gasteiger partial charge in [-0.1, -0.05) is 22.9 Å². The molecular weight excluding hydrogens is 358 g/mol. The van der Waals surface area contributed by atoms with Gasteiger partial charge in [0.05, 0.1) is 4.90 Å². The van der Waals surface area contributed by atoms with Crippen LogP contribution in [-0.4, -0.2) is 37.9 Å². The van der Waals surface area contributed by atoms with Gasteiger partial charge >= 0.3 is 5.97 Å². The van der Waals surface area contributed by atoms with E-state index >= 15 is 0 Å². The van der Waals surface area contributed by atoms with Crippen LogP contribution < -0.4 is 0 Å². The van der Waals surface area contributed by atoms with Gasteiger partial charge in [-0.25, -0.2) is 8.42 Å². The summed E-state index contributed by atoms with van der Waals surface area (Å²) in [6, 6.07) is 6.59. The van der Waals surface area contributed by atoms with E-state index in [-0.39, 0.29) is 17.0 Å². The monoisotopic (exact) mass is 375 g/mol. The first-order valence-corrected chi connectivity index (χ1v) is 9.12. The molecule has 1 aliphatic rings. The minimum atomic E-state index is -3.46. The number of sulfonamides is 1. The molecule has 0 radical (unpaired) electrons. The van der Waals surface area contributed by atoms with Crippen molar-refractivity contribution in [3.8, 4) is 0 Å². The molecule has 21 heavy (non-hydrogen) atoms. The number of hydrogen-bond acceptors (Lipinski definition) is 4. The highest BCUT2D eigenvalue weighted by atomic mass is 79.9. The summed E-state index contributed by atoms with van der Waals surface area (Å²) in [4.78, 5) is 11.5. The first kappa shape index (κ1) is 16.5. The third-order valence-corrected chi connectivity index (χ3v) is 5.88. The number of hydrogen-bond donors (Lipinski definition) is 0. The Hall–Kier alpha value is -0.920. The number of rotatable bonds is 4. The quantitative estimate of drug-likeness (QED) is 0.758. The molecule has 0 spiro atoms. The molecule has 1 aromatic rings. The summed E-state index contributed by atoms with van der Waals surface area (Å²) < 4.78 is 32.5. The molecule has 0 saturated carbocycles. The van der Waals surface area contributed by atoms with Crippen molar-refractivity contribution >= 4 is 31.9 Å². The predicted molar refractivity (Wildman–Crippen MR) is 82.3 cm³/mol. The molecule has 0 aliphatic carbocycles. The van der Waals surface area contributed by atoms with E-state index in [0.717, 1.165) is 4.47 Å². The fraction of sp³-hybridized carbons (Fsp3) is 0.500. The summed E-state index contributed by atoms with van der Waals surface area (Å²) in [5, 5.41) is 0. The number of benzene rings is 1. The first-order chi connectivity index (χ1) is 9.93. The minimum Gasteiger partial charge on any atom is -0.462 e. The predicted octanol–water partition coefficient (Wildman–Crippen LogP) is 2.56. The normalized spacial score (nSPS) is 17.6. The van der Waals surface area contributed by atoms with Crippen molar-refractivity contribution in [2.24, 2.45) is 0 Å². The number of esters is 1. The highest BCUT2D eigenvalue weighted by Gasteiger charge is 2.30. The zero-order chi connectivity index (χ0) is 15.5. The van der Waals surface area contributed by atoms with Crippen LogP contribution in [0.3, 0.4) is 0 Å². The Morgan fingerprint density at radius 2 is 1.86 bits per heavy atom. The van der Waals surface area contributed by atoms with Gasteiger partial charge in [0, 0.05) is 24.0 Å². The standard InChI is InChI=1S/C14H18BrNO4S/c1-2-14(17)20-12-7-9-16(10-8-12)21(18,19)13-5-3-11(15)4-6-13/h3-6,12H,2,7-10H2,1H3. The second-order valence-electron chi connectivity index (χ2n) is 4.90. The van der Waals surface area contributed by atoms with Gasteiger partial charge in [0.2, 0.25) is 10.0 Å². The van der Waals surface area contributed by atoms with E-state index in [9.17, 15) is 13.2 Å². The smallest absolute Gasteiger partial charge is 0.305 e. The van der Waals surface area contributed by atoms with Gasteiger partial charge in [-0.05, 0) is 37.1 Å². The number of carbonyl (C=O) groups is 1. The maximum absolute atomic E-state index is 12.5. The highest BCUT2D eigenvalue weighted by molar-refractivity contribution is 9.10. The Morgan fingerprint density at radius 3 is 2.38 bits per heavy atom. The Bertz CT molecular complexity index is 592. The lowest BCUT2D eigenvalue weighted by Crippen LogP contribution is -2.41. The second kappa shape index (κ2) is 6.89. The molecule has 0 unspecified atom stereocenters. The summed E-state index contributed by atoms with van der Waals surface area (Å²) in [5.74, 6) is -0.232. The fourth-order valence-electron chi connectivity index (χ4n) is 2.22. The average Bonchev–Trinajstić information content (AvgIpc) is 2.48. The van der Waals surface area contributed by atoms with Crippen LogP contribution in [0.4, 0.5) is 0 Å². The number of nitrogens with zero attached hydrogens (tertiary/aromatic N) is 1. The molecule has 2 rings (SSSR count). The van der Waals surface area contributed by atoms with E-state index in [4.69, 9.17) is 4.74 Å². The molecule has 0 N–H and O–H groups in total. The van der Waals surface area contributed by atoms with Crippen LogP contribution in [-0.2, 0) is 19.6 Å². The lowest BCUT2D eigenvalue weighted by atomic mass is 10.1. The van der Waals surface area contributed by atoms with E-state index in [1.807, 2.05) is 0 Å². The van der Waals surface area contributed by atoms with Gasteiger partial charge in [-0.15, -0.1) is 0 Å². The molecule has 0 atom stereocenters. The van der Waals surface area contributed by atoms with Crippen molar-refractivity contribution in [1.29, 1.82) is 0 Å². The average molecular weight is 376 g/mol. The highest BCUT2D eigenvalue weighted by Crippen LogP contribution is 2.23. The zero-order valence-electron chi connectivity index (χ0n) is 11.8. The van der Waals surface area contributed by atoms with Crippen LogP contribution in [0.25, 0.3) is 0 Å². The van der Waals surface area contributed by atoms with Crippen molar-refractivity contribution in [3.63, 3.8) is 0 Å². The number of carbonyl (C=O) groups excluding carboxylic acids is 1. The fourth-order valence-corrected chi connectivity index (χ4v) is 3.95. The largest absolute Gasteiger partial charge is 0.462 e. The van der Waals surface area contributed by atoms with Gasteiger partial charge in [0.15, 0.2) is 0 Å². The minimum absolute atomic E-state index is 0.172. The van der Waals surface area contributed by atoms with E-state index in [2.05, 4.69) is 15.9 Å². The van der Waals surface area contributed by atoms with E-state index in [1.165, 1.54) is 4.31 Å². The number of piperidine rings is 1. The van der Waals surface area contributed by atoms with Crippen LogP contribution in [0.2, 0.25) is 0 Å². The molecule has 1 fully saturated rings. The van der Waals surface area contributed by atoms with Gasteiger partial charge in [-0.3, -0.25) is 4.79 Å². The van der Waals surface area contributed by atoms with Crippen LogP contribution in [0.1, 0.15) is 26.2 Å². The second-order valence-corrected chi connectivity index (χ2v) is 7.75. The molecule has 0 amide bonds. The third kappa shape index (κ3) is 4.05. The van der Waals surface area contributed by atoms with Crippen LogP contribution >= 0.6 is 15.9 Å². The molecule has 0 bridgehead atoms. The van der Waals surface area contributed by atoms with Crippen LogP contribution in [0.5, 0.6) is 0 Å². The zero-order valence-corrected chi connectivity index (χ0v) is 14.2. The maximum atomic E-state index is 12.5. The molecule has 7 heteroatoms. The summed E-state index contributed by atoms with van der Waals surface area (Å²) in [6.07, 6.45) is 1.26. The maximum Gasteiger partial charge on any atom is 0.305 e. The van der Waals surface area contributed by atoms with Crippen molar-refractivity contribution in [2.75, 3.05) is 13.1 Å². The van der Waals surface area contributed by atoms with Crippen molar-refractivity contribution in [1.82, 2.24) is 4.31 Å². The van der Waals surface area contributed by atoms with Gasteiger partial charge in [0.25, 0.3) is 0 Å². The SMILES string of the molecule is CCC(=O)OC1CCN(S(=O)(=O)c2ccc(Br)cc2)CC1. The van der Waals surface area contributed by atoms with Gasteiger partial charge < -0.3 is 4.74 Å². The van der Waals surface area contributed by atoms with Crippen molar-refractivity contribution in [3.05, 3.63) is 28.7 Å². The molecular formula is C14H18BrNO4S. The summed E-state index contributed by atoms with van der Waals surface area (Å²) >= 11 is 3.29. The van der Waals surface area contributed by atoms with Crippen LogP contribution in [0.15, 0.2) is 33.6 Å². The third-order valence-electron chi connectivity index (χ3n) is 3.44. The molecule has 0 aromatic heterocycles. The van der Waals surface area contributed by atoms with Gasteiger partial charge in [-0.2, -0.15) is 4.31 Å². The Morgan fingerprint density at radius 1 is 1.29 bits per heavy atom. The lowest BCUT2D eigenvalue weighted by Gasteiger charge is -2.30. The molecule has 1 aromatic carbocycles. The Kier molecular flexibility index (Phi) is 5.40. The van der Waals surface area contributed by atoms with E-state index in [0.29, 0.717) is 32.4 Å². The topological polar surface area (TPSA) is 63.7 Å². The van der Waals surface area contributed by atoms with Crippen LogP contribution in [0, 0.1) is 0 Å². The Labute approximate surface area is 133 Å². The number of ether oxygens (including phenoxy) is 1. The molecule has 1 saturated heterocycles. The van der Waals surface area contributed by atoms with Gasteiger partial charge in [0.1, 0.15) is 6.10 Å². The summed E-state index contributed by atoms with van der Waals surface area (Å²) in [7, 11) is -3.46. The summed E-state index contributed by atoms with van der Waals surface area (Å²) in [6.45, 7) is 2.50.